The highest BCUT2D eigenvalue weighted by molar-refractivity contribution is 5.79. The molecule has 0 aromatic heterocycles. The highest BCUT2D eigenvalue weighted by Gasteiger charge is 2.41. The van der Waals surface area contributed by atoms with Gasteiger partial charge in [-0.25, -0.2) is 0 Å². The molecule has 0 spiro atoms. The number of likely N-dealkylation sites (tertiary alicyclic amines) is 1. The second-order valence-corrected chi connectivity index (χ2v) is 5.24. The fourth-order valence-electron chi connectivity index (χ4n) is 2.56. The third kappa shape index (κ3) is 3.02. The van der Waals surface area contributed by atoms with E-state index in [0.717, 1.165) is 0 Å². The lowest BCUT2D eigenvalue weighted by molar-refractivity contribution is -0.155. The molecule has 5 heteroatoms. The topological polar surface area (TPSA) is 83.6 Å². The molecule has 0 aliphatic carbocycles. The number of rotatable bonds is 5. The van der Waals surface area contributed by atoms with E-state index in [4.69, 9.17) is 5.73 Å². The summed E-state index contributed by atoms with van der Waals surface area (Å²) in [5, 5.41) is 9.29. The third-order valence-electron chi connectivity index (χ3n) is 4.18. The lowest BCUT2D eigenvalue weighted by Crippen LogP contribution is -2.47. The van der Waals surface area contributed by atoms with Gasteiger partial charge in [0.25, 0.3) is 0 Å². The first-order valence-corrected chi connectivity index (χ1v) is 6.69. The normalized spacial score (nSPS) is 20.5. The zero-order valence-electron chi connectivity index (χ0n) is 11.3. The van der Waals surface area contributed by atoms with Gasteiger partial charge in [0.05, 0.1) is 5.41 Å². The lowest BCUT2D eigenvalue weighted by atomic mass is 9.76. The Labute approximate surface area is 108 Å². The molecule has 0 aromatic rings. The van der Waals surface area contributed by atoms with Crippen LogP contribution < -0.4 is 5.73 Å². The SMILES string of the molecule is CCC1(C(=O)O)CCN(C(=O)C(C)CCN)CC1. The number of amides is 1. The van der Waals surface area contributed by atoms with Crippen molar-refractivity contribution >= 4 is 11.9 Å². The molecule has 104 valence electrons. The van der Waals surface area contributed by atoms with Crippen molar-refractivity contribution in [2.45, 2.75) is 39.5 Å². The molecule has 1 heterocycles. The van der Waals surface area contributed by atoms with Gasteiger partial charge in [0.15, 0.2) is 0 Å². The molecule has 0 bridgehead atoms. The van der Waals surface area contributed by atoms with Gasteiger partial charge in [0.1, 0.15) is 0 Å². The molecule has 1 amide bonds. The van der Waals surface area contributed by atoms with E-state index in [1.165, 1.54) is 0 Å². The molecule has 3 N–H and O–H groups in total. The highest BCUT2D eigenvalue weighted by atomic mass is 16.4. The number of carboxylic acid groups (broad SMARTS) is 1. The Balaban J connectivity index is 2.58. The first kappa shape index (κ1) is 15.0. The standard InChI is InChI=1S/C13H24N2O3/c1-3-13(12(17)18)5-8-15(9-6-13)11(16)10(2)4-7-14/h10H,3-9,14H2,1-2H3,(H,17,18). The maximum atomic E-state index is 12.1. The van der Waals surface area contributed by atoms with Crippen LogP contribution in [0.15, 0.2) is 0 Å². The van der Waals surface area contributed by atoms with Gasteiger partial charge in [0.2, 0.25) is 5.91 Å². The average Bonchev–Trinajstić information content (AvgIpc) is 2.38. The van der Waals surface area contributed by atoms with Gasteiger partial charge >= 0.3 is 5.97 Å². The Morgan fingerprint density at radius 3 is 2.33 bits per heavy atom. The van der Waals surface area contributed by atoms with Gasteiger partial charge in [-0.1, -0.05) is 13.8 Å². The van der Waals surface area contributed by atoms with Crippen molar-refractivity contribution in [1.29, 1.82) is 0 Å². The molecule has 1 atom stereocenters. The van der Waals surface area contributed by atoms with Crippen LogP contribution in [0.5, 0.6) is 0 Å². The number of carbonyl (C=O) groups excluding carboxylic acids is 1. The number of hydrogen-bond donors (Lipinski definition) is 2. The number of hydrogen-bond acceptors (Lipinski definition) is 3. The first-order chi connectivity index (χ1) is 8.46. The summed E-state index contributed by atoms with van der Waals surface area (Å²) in [6, 6.07) is 0. The average molecular weight is 256 g/mol. The Hall–Kier alpha value is -1.10. The van der Waals surface area contributed by atoms with Crippen LogP contribution in [-0.4, -0.2) is 41.5 Å². The highest BCUT2D eigenvalue weighted by Crippen LogP contribution is 2.35. The molecule has 1 saturated heterocycles. The van der Waals surface area contributed by atoms with Gasteiger partial charge < -0.3 is 15.7 Å². The van der Waals surface area contributed by atoms with E-state index in [0.29, 0.717) is 45.3 Å². The molecule has 1 rings (SSSR count). The van der Waals surface area contributed by atoms with E-state index in [2.05, 4.69) is 0 Å². The van der Waals surface area contributed by atoms with Crippen molar-refractivity contribution in [2.24, 2.45) is 17.1 Å². The Kier molecular flexibility index (Phi) is 5.14. The molecule has 1 unspecified atom stereocenters. The van der Waals surface area contributed by atoms with Gasteiger partial charge in [-0.2, -0.15) is 0 Å². The van der Waals surface area contributed by atoms with Crippen LogP contribution in [0, 0.1) is 11.3 Å². The van der Waals surface area contributed by atoms with E-state index in [-0.39, 0.29) is 11.8 Å². The summed E-state index contributed by atoms with van der Waals surface area (Å²) >= 11 is 0. The van der Waals surface area contributed by atoms with Crippen molar-refractivity contribution in [2.75, 3.05) is 19.6 Å². The van der Waals surface area contributed by atoms with Crippen LogP contribution in [-0.2, 0) is 9.59 Å². The Morgan fingerprint density at radius 2 is 1.94 bits per heavy atom. The summed E-state index contributed by atoms with van der Waals surface area (Å²) in [5.41, 5.74) is 4.82. The second kappa shape index (κ2) is 6.18. The number of carbonyl (C=O) groups is 2. The minimum atomic E-state index is -0.730. The Morgan fingerprint density at radius 1 is 1.39 bits per heavy atom. The summed E-state index contributed by atoms with van der Waals surface area (Å²) in [6.07, 6.45) is 2.43. The monoisotopic (exact) mass is 256 g/mol. The Bertz CT molecular complexity index is 309. The molecule has 0 radical (unpaired) electrons. The minimum Gasteiger partial charge on any atom is -0.481 e. The van der Waals surface area contributed by atoms with E-state index in [1.807, 2.05) is 13.8 Å². The van der Waals surface area contributed by atoms with Crippen molar-refractivity contribution in [3.63, 3.8) is 0 Å². The molecule has 1 aliphatic heterocycles. The molecular formula is C13H24N2O3. The molecule has 18 heavy (non-hydrogen) atoms. The lowest BCUT2D eigenvalue weighted by Gasteiger charge is -2.39. The van der Waals surface area contributed by atoms with Crippen LogP contribution >= 0.6 is 0 Å². The molecule has 0 saturated carbocycles. The summed E-state index contributed by atoms with van der Waals surface area (Å²) in [7, 11) is 0. The van der Waals surface area contributed by atoms with Gasteiger partial charge in [0, 0.05) is 19.0 Å². The van der Waals surface area contributed by atoms with E-state index < -0.39 is 11.4 Å². The number of aliphatic carboxylic acids is 1. The molecular weight excluding hydrogens is 232 g/mol. The van der Waals surface area contributed by atoms with Crippen molar-refractivity contribution in [3.8, 4) is 0 Å². The predicted octanol–water partition coefficient (Wildman–Crippen LogP) is 1.07. The summed E-state index contributed by atoms with van der Waals surface area (Å²) < 4.78 is 0. The maximum Gasteiger partial charge on any atom is 0.309 e. The molecule has 5 nitrogen and oxygen atoms in total. The number of nitrogens with zero attached hydrogens (tertiary/aromatic N) is 1. The third-order valence-corrected chi connectivity index (χ3v) is 4.18. The fraction of sp³-hybridized carbons (Fsp3) is 0.846. The largest absolute Gasteiger partial charge is 0.481 e. The maximum absolute atomic E-state index is 12.1. The minimum absolute atomic E-state index is 0.0612. The van der Waals surface area contributed by atoms with Crippen LogP contribution in [0.4, 0.5) is 0 Å². The van der Waals surface area contributed by atoms with E-state index in [1.54, 1.807) is 4.90 Å². The van der Waals surface area contributed by atoms with Crippen LogP contribution in [0.2, 0.25) is 0 Å². The van der Waals surface area contributed by atoms with Crippen LogP contribution in [0.3, 0.4) is 0 Å². The smallest absolute Gasteiger partial charge is 0.309 e. The number of nitrogens with two attached hydrogens (primary N) is 1. The molecule has 1 aliphatic rings. The summed E-state index contributed by atoms with van der Waals surface area (Å²) in [4.78, 5) is 25.2. The summed E-state index contributed by atoms with van der Waals surface area (Å²) in [6.45, 7) is 5.40. The van der Waals surface area contributed by atoms with Gasteiger partial charge in [-0.15, -0.1) is 0 Å². The predicted molar refractivity (Wildman–Crippen MR) is 69.0 cm³/mol. The summed E-state index contributed by atoms with van der Waals surface area (Å²) in [5.74, 6) is -0.684. The van der Waals surface area contributed by atoms with Gasteiger partial charge in [-0.3, -0.25) is 9.59 Å². The molecule has 1 fully saturated rings. The zero-order chi connectivity index (χ0) is 13.8. The number of carboxylic acids is 1. The van der Waals surface area contributed by atoms with Crippen molar-refractivity contribution < 1.29 is 14.7 Å². The van der Waals surface area contributed by atoms with Crippen LogP contribution in [0.25, 0.3) is 0 Å². The molecule has 0 aromatic carbocycles. The van der Waals surface area contributed by atoms with E-state index >= 15 is 0 Å². The fourth-order valence-corrected chi connectivity index (χ4v) is 2.56. The number of piperidine rings is 1. The quantitative estimate of drug-likeness (QED) is 0.771. The van der Waals surface area contributed by atoms with E-state index in [9.17, 15) is 14.7 Å². The van der Waals surface area contributed by atoms with Crippen molar-refractivity contribution in [3.05, 3.63) is 0 Å². The first-order valence-electron chi connectivity index (χ1n) is 6.69. The zero-order valence-corrected chi connectivity index (χ0v) is 11.3. The second-order valence-electron chi connectivity index (χ2n) is 5.24. The van der Waals surface area contributed by atoms with Crippen LogP contribution in [0.1, 0.15) is 39.5 Å². The van der Waals surface area contributed by atoms with Gasteiger partial charge in [-0.05, 0) is 32.2 Å². The van der Waals surface area contributed by atoms with Crippen molar-refractivity contribution in [1.82, 2.24) is 4.90 Å².